The molecule has 0 saturated heterocycles. The summed E-state index contributed by atoms with van der Waals surface area (Å²) in [5, 5.41) is 0. The fourth-order valence-electron chi connectivity index (χ4n) is 3.30. The van der Waals surface area contributed by atoms with Gasteiger partial charge in [0, 0.05) is 17.5 Å². The number of carbonyl (C=O) groups excluding carboxylic acids is 2. The van der Waals surface area contributed by atoms with E-state index in [4.69, 9.17) is 4.74 Å². The fourth-order valence-corrected chi connectivity index (χ4v) is 4.22. The molecule has 0 aliphatic heterocycles. The lowest BCUT2D eigenvalue weighted by Gasteiger charge is -2.33. The molecule has 5 heteroatoms. The van der Waals surface area contributed by atoms with E-state index in [0.717, 1.165) is 23.3 Å². The van der Waals surface area contributed by atoms with E-state index in [1.807, 2.05) is 25.7 Å². The molecular weight excluding hydrogens is 334 g/mol. The average molecular weight is 364 g/mol. The van der Waals surface area contributed by atoms with E-state index in [1.54, 1.807) is 0 Å². The quantitative estimate of drug-likeness (QED) is 0.540. The van der Waals surface area contributed by atoms with Crippen LogP contribution in [-0.4, -0.2) is 41.7 Å². The predicted octanol–water partition coefficient (Wildman–Crippen LogP) is 4.12. The van der Waals surface area contributed by atoms with Gasteiger partial charge in [-0.2, -0.15) is 0 Å². The molecule has 0 bridgehead atoms. The second-order valence-corrected chi connectivity index (χ2v) is 7.71. The lowest BCUT2D eigenvalue weighted by Crippen LogP contribution is -2.43. The standard InChI is InChI=1S/C20H29NO3S/c1-4-21(17-8-6-5-7-9-17)19(22)13-24-20(23)14-25-18-12-15(2)10-11-16(18)3/h10-12,17H,4-9,13-14H2,1-3H3. The topological polar surface area (TPSA) is 46.6 Å². The van der Waals surface area contributed by atoms with Crippen LogP contribution in [-0.2, 0) is 14.3 Å². The Balaban J connectivity index is 1.78. The van der Waals surface area contributed by atoms with Crippen LogP contribution in [0, 0.1) is 13.8 Å². The normalized spacial score (nSPS) is 15.0. The van der Waals surface area contributed by atoms with Gasteiger partial charge in [0.05, 0.1) is 5.75 Å². The summed E-state index contributed by atoms with van der Waals surface area (Å²) < 4.78 is 5.22. The molecule has 1 aliphatic rings. The number of carbonyl (C=O) groups is 2. The van der Waals surface area contributed by atoms with Crippen LogP contribution in [0.5, 0.6) is 0 Å². The molecule has 1 fully saturated rings. The second kappa shape index (κ2) is 9.85. The first kappa shape index (κ1) is 19.8. The van der Waals surface area contributed by atoms with E-state index in [0.29, 0.717) is 12.6 Å². The molecular formula is C20H29NO3S. The minimum atomic E-state index is -0.334. The molecule has 1 aromatic carbocycles. The lowest BCUT2D eigenvalue weighted by molar-refractivity contribution is -0.151. The summed E-state index contributed by atoms with van der Waals surface area (Å²) in [7, 11) is 0. The smallest absolute Gasteiger partial charge is 0.316 e. The van der Waals surface area contributed by atoms with E-state index in [9.17, 15) is 9.59 Å². The van der Waals surface area contributed by atoms with Crippen molar-refractivity contribution in [3.8, 4) is 0 Å². The third kappa shape index (κ3) is 6.07. The van der Waals surface area contributed by atoms with Gasteiger partial charge in [-0.15, -0.1) is 11.8 Å². The number of amides is 1. The first-order valence-corrected chi connectivity index (χ1v) is 10.1. The summed E-state index contributed by atoms with van der Waals surface area (Å²) in [6, 6.07) is 6.49. The maximum absolute atomic E-state index is 12.4. The van der Waals surface area contributed by atoms with Crippen molar-refractivity contribution in [2.75, 3.05) is 18.9 Å². The van der Waals surface area contributed by atoms with Crippen molar-refractivity contribution in [2.24, 2.45) is 0 Å². The average Bonchev–Trinajstić information content (AvgIpc) is 2.62. The second-order valence-electron chi connectivity index (χ2n) is 6.69. The van der Waals surface area contributed by atoms with E-state index in [-0.39, 0.29) is 24.2 Å². The van der Waals surface area contributed by atoms with Crippen LogP contribution in [0.15, 0.2) is 23.1 Å². The molecule has 138 valence electrons. The number of likely N-dealkylation sites (N-methyl/N-ethyl adjacent to an activating group) is 1. The SMILES string of the molecule is CCN(C(=O)COC(=O)CSc1cc(C)ccc1C)C1CCCCC1. The molecule has 25 heavy (non-hydrogen) atoms. The number of thioether (sulfide) groups is 1. The number of hydrogen-bond acceptors (Lipinski definition) is 4. The molecule has 0 radical (unpaired) electrons. The van der Waals surface area contributed by atoms with Crippen molar-refractivity contribution >= 4 is 23.6 Å². The molecule has 0 aromatic heterocycles. The van der Waals surface area contributed by atoms with Gasteiger partial charge < -0.3 is 9.64 Å². The lowest BCUT2D eigenvalue weighted by atomic mass is 9.94. The third-order valence-corrected chi connectivity index (χ3v) is 5.85. The Kier molecular flexibility index (Phi) is 7.82. The molecule has 0 unspecified atom stereocenters. The largest absolute Gasteiger partial charge is 0.455 e. The number of aryl methyl sites for hydroxylation is 2. The number of ether oxygens (including phenoxy) is 1. The molecule has 0 atom stereocenters. The molecule has 0 N–H and O–H groups in total. The monoisotopic (exact) mass is 363 g/mol. The van der Waals surface area contributed by atoms with Crippen molar-refractivity contribution in [2.45, 2.75) is 63.8 Å². The molecule has 2 rings (SSSR count). The Morgan fingerprint density at radius 2 is 1.92 bits per heavy atom. The highest BCUT2D eigenvalue weighted by atomic mass is 32.2. The van der Waals surface area contributed by atoms with Crippen molar-refractivity contribution in [1.29, 1.82) is 0 Å². The number of nitrogens with zero attached hydrogens (tertiary/aromatic N) is 1. The van der Waals surface area contributed by atoms with Crippen LogP contribution < -0.4 is 0 Å². The highest BCUT2D eigenvalue weighted by Crippen LogP contribution is 2.24. The molecule has 1 amide bonds. The van der Waals surface area contributed by atoms with Crippen molar-refractivity contribution in [3.05, 3.63) is 29.3 Å². The minimum absolute atomic E-state index is 0.0699. The Morgan fingerprint density at radius 3 is 2.60 bits per heavy atom. The Bertz CT molecular complexity index is 597. The predicted molar refractivity (Wildman–Crippen MR) is 102 cm³/mol. The number of hydrogen-bond donors (Lipinski definition) is 0. The summed E-state index contributed by atoms with van der Waals surface area (Å²) in [6.45, 7) is 6.59. The van der Waals surface area contributed by atoms with Gasteiger partial charge in [0.15, 0.2) is 6.61 Å². The van der Waals surface area contributed by atoms with Crippen molar-refractivity contribution in [1.82, 2.24) is 4.90 Å². The first-order chi connectivity index (χ1) is 12.0. The third-order valence-electron chi connectivity index (χ3n) is 4.72. The zero-order valence-electron chi connectivity index (χ0n) is 15.5. The molecule has 1 aliphatic carbocycles. The molecule has 1 saturated carbocycles. The van der Waals surface area contributed by atoms with Crippen LogP contribution in [0.25, 0.3) is 0 Å². The zero-order chi connectivity index (χ0) is 18.2. The van der Waals surface area contributed by atoms with Gasteiger partial charge in [-0.05, 0) is 45.2 Å². The van der Waals surface area contributed by atoms with Gasteiger partial charge >= 0.3 is 5.97 Å². The number of benzene rings is 1. The van der Waals surface area contributed by atoms with E-state index in [1.165, 1.54) is 36.6 Å². The van der Waals surface area contributed by atoms with E-state index < -0.39 is 0 Å². The zero-order valence-corrected chi connectivity index (χ0v) is 16.4. The first-order valence-electron chi connectivity index (χ1n) is 9.16. The van der Waals surface area contributed by atoms with Gasteiger partial charge in [-0.3, -0.25) is 9.59 Å². The Hall–Kier alpha value is -1.49. The molecule has 1 aromatic rings. The van der Waals surface area contributed by atoms with E-state index in [2.05, 4.69) is 18.2 Å². The summed E-state index contributed by atoms with van der Waals surface area (Å²) in [5.74, 6) is -0.175. The van der Waals surface area contributed by atoms with Crippen LogP contribution in [0.1, 0.15) is 50.2 Å². The highest BCUT2D eigenvalue weighted by molar-refractivity contribution is 8.00. The summed E-state index contributed by atoms with van der Waals surface area (Å²) >= 11 is 1.46. The minimum Gasteiger partial charge on any atom is -0.455 e. The van der Waals surface area contributed by atoms with Gasteiger partial charge in [0.1, 0.15) is 0 Å². The number of rotatable bonds is 7. The van der Waals surface area contributed by atoms with Crippen molar-refractivity contribution < 1.29 is 14.3 Å². The van der Waals surface area contributed by atoms with E-state index >= 15 is 0 Å². The molecule has 0 spiro atoms. The summed E-state index contributed by atoms with van der Waals surface area (Å²) in [4.78, 5) is 27.3. The summed E-state index contributed by atoms with van der Waals surface area (Å²) in [5.41, 5.74) is 2.32. The Morgan fingerprint density at radius 1 is 1.20 bits per heavy atom. The summed E-state index contributed by atoms with van der Waals surface area (Å²) in [6.07, 6.45) is 5.75. The maximum atomic E-state index is 12.4. The van der Waals surface area contributed by atoms with Gasteiger partial charge in [-0.1, -0.05) is 37.0 Å². The molecule has 0 heterocycles. The molecule has 4 nitrogen and oxygen atoms in total. The van der Waals surface area contributed by atoms with Crippen LogP contribution in [0.3, 0.4) is 0 Å². The fraction of sp³-hybridized carbons (Fsp3) is 0.600. The van der Waals surface area contributed by atoms with Crippen LogP contribution in [0.4, 0.5) is 0 Å². The van der Waals surface area contributed by atoms with Gasteiger partial charge in [-0.25, -0.2) is 0 Å². The van der Waals surface area contributed by atoms with Gasteiger partial charge in [0.2, 0.25) is 0 Å². The van der Waals surface area contributed by atoms with Crippen LogP contribution in [0.2, 0.25) is 0 Å². The number of esters is 1. The Labute approximate surface area is 155 Å². The highest BCUT2D eigenvalue weighted by Gasteiger charge is 2.24. The maximum Gasteiger partial charge on any atom is 0.316 e. The van der Waals surface area contributed by atoms with Crippen LogP contribution >= 0.6 is 11.8 Å². The van der Waals surface area contributed by atoms with Crippen molar-refractivity contribution in [3.63, 3.8) is 0 Å². The van der Waals surface area contributed by atoms with Gasteiger partial charge in [0.25, 0.3) is 5.91 Å².